The van der Waals surface area contributed by atoms with Crippen LogP contribution < -0.4 is 0 Å². The topological polar surface area (TPSA) is 78.9 Å². The van der Waals surface area contributed by atoms with Gasteiger partial charge in [-0.3, -0.25) is 14.4 Å². The van der Waals surface area contributed by atoms with Crippen LogP contribution in [0, 0.1) is 11.8 Å². The first-order valence-corrected chi connectivity index (χ1v) is 29.7. The molecule has 0 aromatic heterocycles. The highest BCUT2D eigenvalue weighted by molar-refractivity contribution is 5.71. The highest BCUT2D eigenvalue weighted by atomic mass is 16.6. The molecule has 0 fully saturated rings. The Kier molecular flexibility index (Phi) is 51.5. The monoisotopic (exact) mass is 933 g/mol. The summed E-state index contributed by atoms with van der Waals surface area (Å²) in [5.74, 6) is 0.827. The molecule has 0 N–H and O–H groups in total. The summed E-state index contributed by atoms with van der Waals surface area (Å²) in [6.07, 6.45) is 56.7. The zero-order valence-electron chi connectivity index (χ0n) is 45.3. The molecule has 6 heteroatoms. The quantitative estimate of drug-likeness (QED) is 0.0343. The molecule has 0 aliphatic carbocycles. The van der Waals surface area contributed by atoms with Crippen LogP contribution in [0.25, 0.3) is 0 Å². The minimum absolute atomic E-state index is 0.0625. The number of carbonyl (C=O) groups is 3. The van der Waals surface area contributed by atoms with Crippen molar-refractivity contribution >= 4 is 17.9 Å². The van der Waals surface area contributed by atoms with Crippen LogP contribution in [0.2, 0.25) is 0 Å². The van der Waals surface area contributed by atoms with Gasteiger partial charge in [0.05, 0.1) is 0 Å². The fraction of sp³-hybridized carbons (Fsp3) is 0.950. The van der Waals surface area contributed by atoms with Crippen molar-refractivity contribution in [1.29, 1.82) is 0 Å². The summed E-state index contributed by atoms with van der Waals surface area (Å²) < 4.78 is 16.9. The molecule has 0 heterocycles. The smallest absolute Gasteiger partial charge is 0.306 e. The van der Waals surface area contributed by atoms with Crippen LogP contribution in [0.15, 0.2) is 0 Å². The summed E-state index contributed by atoms with van der Waals surface area (Å²) in [6, 6.07) is 0. The van der Waals surface area contributed by atoms with Crippen LogP contribution in [-0.2, 0) is 28.6 Å². The number of unbranched alkanes of at least 4 members (excludes halogenated alkanes) is 39. The van der Waals surface area contributed by atoms with Gasteiger partial charge in [0.25, 0.3) is 0 Å². The first-order valence-electron chi connectivity index (χ1n) is 29.7. The summed E-state index contributed by atoms with van der Waals surface area (Å²) in [5.41, 5.74) is 0. The van der Waals surface area contributed by atoms with Crippen molar-refractivity contribution in [2.24, 2.45) is 11.8 Å². The number of esters is 3. The first-order chi connectivity index (χ1) is 32.2. The minimum atomic E-state index is -0.763. The predicted octanol–water partition coefficient (Wildman–Crippen LogP) is 19.7. The molecule has 0 amide bonds. The standard InChI is InChI=1S/C60H116O6/c1-6-7-8-9-10-11-12-13-14-15-16-17-20-25-30-35-40-45-50-58(61)64-53-57(54-65-59(62)51-46-41-36-31-27-22-24-29-34-39-44-49-56(4)5)66-60(63)52-47-42-37-32-26-21-18-19-23-28-33-38-43-48-55(2)3/h55-57H,6-54H2,1-5H3/t57-/m1/s1. The van der Waals surface area contributed by atoms with E-state index in [2.05, 4.69) is 34.6 Å². The molecule has 0 rings (SSSR count). The van der Waals surface area contributed by atoms with Crippen LogP contribution >= 0.6 is 0 Å². The summed E-state index contributed by atoms with van der Waals surface area (Å²) in [7, 11) is 0. The lowest BCUT2D eigenvalue weighted by molar-refractivity contribution is -0.167. The van der Waals surface area contributed by atoms with Gasteiger partial charge in [-0.1, -0.05) is 298 Å². The first kappa shape index (κ1) is 64.4. The van der Waals surface area contributed by atoms with Crippen molar-refractivity contribution in [3.8, 4) is 0 Å². The van der Waals surface area contributed by atoms with Crippen LogP contribution in [0.1, 0.15) is 336 Å². The maximum absolute atomic E-state index is 12.9. The van der Waals surface area contributed by atoms with E-state index >= 15 is 0 Å². The molecular formula is C60H116O6. The van der Waals surface area contributed by atoms with Gasteiger partial charge in [-0.2, -0.15) is 0 Å². The van der Waals surface area contributed by atoms with Crippen LogP contribution in [0.3, 0.4) is 0 Å². The number of hydrogen-bond donors (Lipinski definition) is 0. The SMILES string of the molecule is CCCCCCCCCCCCCCCCCCCCC(=O)OC[C@H](COC(=O)CCCCCCCCCCCCCC(C)C)OC(=O)CCCCCCCCCCCCCCCC(C)C. The molecule has 0 aromatic rings. The third-order valence-corrected chi connectivity index (χ3v) is 13.7. The van der Waals surface area contributed by atoms with E-state index in [-0.39, 0.29) is 31.1 Å². The molecule has 0 radical (unpaired) electrons. The van der Waals surface area contributed by atoms with E-state index in [0.29, 0.717) is 19.3 Å². The lowest BCUT2D eigenvalue weighted by atomic mass is 10.0. The Bertz CT molecular complexity index is 1010. The average molecular weight is 934 g/mol. The van der Waals surface area contributed by atoms with E-state index in [1.165, 1.54) is 225 Å². The van der Waals surface area contributed by atoms with Crippen molar-refractivity contribution in [3.63, 3.8) is 0 Å². The van der Waals surface area contributed by atoms with Gasteiger partial charge in [-0.05, 0) is 31.1 Å². The van der Waals surface area contributed by atoms with Gasteiger partial charge in [0.1, 0.15) is 13.2 Å². The molecule has 0 bridgehead atoms. The minimum Gasteiger partial charge on any atom is -0.462 e. The molecular weight excluding hydrogens is 817 g/mol. The largest absolute Gasteiger partial charge is 0.462 e. The zero-order valence-corrected chi connectivity index (χ0v) is 45.3. The van der Waals surface area contributed by atoms with Gasteiger partial charge < -0.3 is 14.2 Å². The lowest BCUT2D eigenvalue weighted by Gasteiger charge is -2.18. The second-order valence-electron chi connectivity index (χ2n) is 21.6. The number of carbonyl (C=O) groups excluding carboxylic acids is 3. The van der Waals surface area contributed by atoms with Gasteiger partial charge in [0.15, 0.2) is 6.10 Å². The molecule has 1 atom stereocenters. The second kappa shape index (κ2) is 52.8. The lowest BCUT2D eigenvalue weighted by Crippen LogP contribution is -2.30. The fourth-order valence-electron chi connectivity index (χ4n) is 9.23. The maximum Gasteiger partial charge on any atom is 0.306 e. The molecule has 0 unspecified atom stereocenters. The molecule has 0 aliphatic rings. The van der Waals surface area contributed by atoms with Gasteiger partial charge >= 0.3 is 17.9 Å². The molecule has 0 aliphatic heterocycles. The van der Waals surface area contributed by atoms with Gasteiger partial charge in [-0.25, -0.2) is 0 Å². The van der Waals surface area contributed by atoms with E-state index < -0.39 is 6.10 Å². The van der Waals surface area contributed by atoms with Crippen LogP contribution in [-0.4, -0.2) is 37.2 Å². The van der Waals surface area contributed by atoms with Crippen LogP contribution in [0.5, 0.6) is 0 Å². The van der Waals surface area contributed by atoms with Crippen molar-refractivity contribution < 1.29 is 28.6 Å². The van der Waals surface area contributed by atoms with Gasteiger partial charge in [0, 0.05) is 19.3 Å². The average Bonchev–Trinajstić information content (AvgIpc) is 3.29. The highest BCUT2D eigenvalue weighted by Crippen LogP contribution is 2.18. The van der Waals surface area contributed by atoms with Crippen molar-refractivity contribution in [1.82, 2.24) is 0 Å². The van der Waals surface area contributed by atoms with E-state index in [9.17, 15) is 14.4 Å². The molecule has 392 valence electrons. The summed E-state index contributed by atoms with van der Waals surface area (Å²) in [5, 5.41) is 0. The molecule has 0 saturated carbocycles. The van der Waals surface area contributed by atoms with E-state index in [1.54, 1.807) is 0 Å². The third kappa shape index (κ3) is 53.4. The highest BCUT2D eigenvalue weighted by Gasteiger charge is 2.19. The van der Waals surface area contributed by atoms with Gasteiger partial charge in [-0.15, -0.1) is 0 Å². The Morgan fingerprint density at radius 1 is 0.288 bits per heavy atom. The van der Waals surface area contributed by atoms with Gasteiger partial charge in [0.2, 0.25) is 0 Å². The van der Waals surface area contributed by atoms with Crippen LogP contribution in [0.4, 0.5) is 0 Å². The Morgan fingerprint density at radius 3 is 0.742 bits per heavy atom. The summed E-state index contributed by atoms with van der Waals surface area (Å²) in [4.78, 5) is 38.2. The molecule has 0 spiro atoms. The number of ether oxygens (including phenoxy) is 3. The van der Waals surface area contributed by atoms with Crippen molar-refractivity contribution in [2.75, 3.05) is 13.2 Å². The number of hydrogen-bond acceptors (Lipinski definition) is 6. The van der Waals surface area contributed by atoms with E-state index in [1.807, 2.05) is 0 Å². The fourth-order valence-corrected chi connectivity index (χ4v) is 9.23. The van der Waals surface area contributed by atoms with Crippen molar-refractivity contribution in [3.05, 3.63) is 0 Å². The number of rotatable bonds is 54. The Hall–Kier alpha value is -1.59. The van der Waals surface area contributed by atoms with Crippen molar-refractivity contribution in [2.45, 2.75) is 343 Å². The molecule has 0 aromatic carbocycles. The third-order valence-electron chi connectivity index (χ3n) is 13.7. The molecule has 6 nitrogen and oxygen atoms in total. The summed E-state index contributed by atoms with van der Waals surface area (Å²) >= 11 is 0. The van der Waals surface area contributed by atoms with E-state index in [0.717, 1.165) is 69.6 Å². The normalized spacial score (nSPS) is 12.0. The Labute approximate surface area is 412 Å². The molecule has 66 heavy (non-hydrogen) atoms. The summed E-state index contributed by atoms with van der Waals surface area (Å²) in [6.45, 7) is 11.4. The van der Waals surface area contributed by atoms with E-state index in [4.69, 9.17) is 14.2 Å². The zero-order chi connectivity index (χ0) is 48.2. The predicted molar refractivity (Wildman–Crippen MR) is 284 cm³/mol. The Balaban J connectivity index is 4.29. The second-order valence-corrected chi connectivity index (χ2v) is 21.6. The Morgan fingerprint density at radius 2 is 0.500 bits per heavy atom. The molecule has 0 saturated heterocycles. The maximum atomic E-state index is 12.9.